The molecule has 1 fully saturated rings. The third-order valence-electron chi connectivity index (χ3n) is 6.05. The zero-order valence-electron chi connectivity index (χ0n) is 22.1. The third kappa shape index (κ3) is 8.75. The molecule has 2 atom stereocenters. The molecule has 1 saturated carbocycles. The number of hydrogen-bond donors (Lipinski definition) is 3. The quantitative estimate of drug-likeness (QED) is 0.467. The van der Waals surface area contributed by atoms with Gasteiger partial charge in [0.05, 0.1) is 0 Å². The molecule has 0 radical (unpaired) electrons. The van der Waals surface area contributed by atoms with E-state index in [-0.39, 0.29) is 29.5 Å². The van der Waals surface area contributed by atoms with E-state index < -0.39 is 23.8 Å². The van der Waals surface area contributed by atoms with Crippen molar-refractivity contribution in [3.63, 3.8) is 0 Å². The van der Waals surface area contributed by atoms with Crippen molar-refractivity contribution < 1.29 is 24.2 Å². The van der Waals surface area contributed by atoms with Crippen LogP contribution in [0, 0.1) is 5.92 Å². The third-order valence-corrected chi connectivity index (χ3v) is 6.05. The first-order valence-corrected chi connectivity index (χ1v) is 12.8. The largest absolute Gasteiger partial charge is 0.508 e. The molecule has 35 heavy (non-hydrogen) atoms. The minimum atomic E-state index is -0.932. The monoisotopic (exact) mass is 489 g/mol. The molecule has 0 aliphatic heterocycles. The zero-order valence-corrected chi connectivity index (χ0v) is 22.1. The van der Waals surface area contributed by atoms with Crippen LogP contribution >= 0.6 is 0 Å². The Kier molecular flexibility index (Phi) is 10.4. The molecule has 0 heterocycles. The van der Waals surface area contributed by atoms with Gasteiger partial charge in [-0.2, -0.15) is 0 Å². The lowest BCUT2D eigenvalue weighted by Crippen LogP contribution is -2.55. The van der Waals surface area contributed by atoms with E-state index in [4.69, 9.17) is 4.74 Å². The summed E-state index contributed by atoms with van der Waals surface area (Å²) >= 11 is 0. The highest BCUT2D eigenvalue weighted by Gasteiger charge is 2.37. The highest BCUT2D eigenvalue weighted by molar-refractivity contribution is 5.92. The van der Waals surface area contributed by atoms with Gasteiger partial charge in [-0.05, 0) is 63.6 Å². The second kappa shape index (κ2) is 12.8. The summed E-state index contributed by atoms with van der Waals surface area (Å²) in [5.41, 5.74) is -0.179. The van der Waals surface area contributed by atoms with Crippen LogP contribution in [0.15, 0.2) is 24.3 Å². The average molecular weight is 490 g/mol. The van der Waals surface area contributed by atoms with Gasteiger partial charge in [-0.1, -0.05) is 52.2 Å². The Balaban J connectivity index is 2.40. The molecule has 196 valence electrons. The lowest BCUT2D eigenvalue weighted by Gasteiger charge is -2.36. The van der Waals surface area contributed by atoms with Crippen LogP contribution in [0.1, 0.15) is 91.7 Å². The van der Waals surface area contributed by atoms with Crippen molar-refractivity contribution in [2.75, 3.05) is 6.54 Å². The topological polar surface area (TPSA) is 108 Å². The summed E-state index contributed by atoms with van der Waals surface area (Å²) in [5, 5.41) is 16.0. The average Bonchev–Trinajstić information content (AvgIpc) is 2.76. The molecule has 3 amide bonds. The van der Waals surface area contributed by atoms with Crippen LogP contribution in [-0.4, -0.2) is 52.1 Å². The van der Waals surface area contributed by atoms with Crippen molar-refractivity contribution in [3.05, 3.63) is 29.8 Å². The fourth-order valence-corrected chi connectivity index (χ4v) is 4.43. The predicted octanol–water partition coefficient (Wildman–Crippen LogP) is 4.67. The van der Waals surface area contributed by atoms with Crippen molar-refractivity contribution in [1.82, 2.24) is 15.5 Å². The first kappa shape index (κ1) is 28.5. The number of hydrogen-bond acceptors (Lipinski definition) is 5. The maximum absolute atomic E-state index is 13.9. The van der Waals surface area contributed by atoms with Gasteiger partial charge in [0.25, 0.3) is 0 Å². The fraction of sp³-hybridized carbons (Fsp3) is 0.667. The van der Waals surface area contributed by atoms with Gasteiger partial charge in [0, 0.05) is 12.6 Å². The Bertz CT molecular complexity index is 859. The lowest BCUT2D eigenvalue weighted by atomic mass is 9.94. The number of phenols is 1. The lowest BCUT2D eigenvalue weighted by molar-refractivity contribution is -0.143. The molecule has 0 bridgehead atoms. The first-order valence-electron chi connectivity index (χ1n) is 12.8. The van der Waals surface area contributed by atoms with Crippen molar-refractivity contribution in [2.24, 2.45) is 5.92 Å². The molecule has 8 heteroatoms. The molecular formula is C27H43N3O5. The summed E-state index contributed by atoms with van der Waals surface area (Å²) in [6.07, 6.45) is 5.05. The number of amides is 3. The van der Waals surface area contributed by atoms with Gasteiger partial charge in [0.1, 0.15) is 23.4 Å². The van der Waals surface area contributed by atoms with Crippen molar-refractivity contribution in [2.45, 2.75) is 104 Å². The minimum absolute atomic E-state index is 0.0224. The van der Waals surface area contributed by atoms with Gasteiger partial charge in [0.15, 0.2) is 0 Å². The number of rotatable bonds is 9. The Morgan fingerprint density at radius 1 is 1.14 bits per heavy atom. The number of alkyl carbamates (subject to hydrolysis) is 1. The number of phenolic OH excluding ortho intramolecular Hbond substituents is 1. The summed E-state index contributed by atoms with van der Waals surface area (Å²) in [6.45, 7) is 11.2. The van der Waals surface area contributed by atoms with E-state index in [1.54, 1.807) is 32.9 Å². The molecule has 0 spiro atoms. The Morgan fingerprint density at radius 2 is 1.80 bits per heavy atom. The molecular weight excluding hydrogens is 446 g/mol. The standard InChI is InChI=1S/C27H43N3O5/c1-7-16-30(25(33)22(18(2)3)29-26(34)35-27(4,5)6)23(19-12-11-15-21(31)17-19)24(32)28-20-13-9-8-10-14-20/h11-12,15,17-18,20,22-23,31H,7-10,13-14,16H2,1-6H3,(H,28,32)(H,29,34). The van der Waals surface area contributed by atoms with E-state index in [0.29, 0.717) is 18.5 Å². The maximum Gasteiger partial charge on any atom is 0.408 e. The summed E-state index contributed by atoms with van der Waals surface area (Å²) in [6, 6.07) is 4.72. The van der Waals surface area contributed by atoms with Crippen molar-refractivity contribution in [3.8, 4) is 5.75 Å². The number of nitrogens with one attached hydrogen (secondary N) is 2. The maximum atomic E-state index is 13.9. The highest BCUT2D eigenvalue weighted by atomic mass is 16.6. The Hall–Kier alpha value is -2.77. The van der Waals surface area contributed by atoms with Crippen LogP contribution in [0.25, 0.3) is 0 Å². The molecule has 0 saturated heterocycles. The van der Waals surface area contributed by atoms with Crippen LogP contribution in [0.3, 0.4) is 0 Å². The smallest absolute Gasteiger partial charge is 0.408 e. The number of carbonyl (C=O) groups excluding carboxylic acids is 3. The van der Waals surface area contributed by atoms with E-state index in [1.807, 2.05) is 20.8 Å². The summed E-state index contributed by atoms with van der Waals surface area (Å²) in [5.74, 6) is -0.848. The second-order valence-electron chi connectivity index (χ2n) is 10.7. The Morgan fingerprint density at radius 3 is 2.34 bits per heavy atom. The molecule has 8 nitrogen and oxygen atoms in total. The molecule has 1 aromatic rings. The number of ether oxygens (including phenoxy) is 1. The van der Waals surface area contributed by atoms with E-state index in [2.05, 4.69) is 10.6 Å². The van der Waals surface area contributed by atoms with Gasteiger partial charge in [0.2, 0.25) is 11.8 Å². The Labute approximate surface area is 209 Å². The SMILES string of the molecule is CCCN(C(=O)C(NC(=O)OC(C)(C)C)C(C)C)C(C(=O)NC1CCCCC1)c1cccc(O)c1. The van der Waals surface area contributed by atoms with Gasteiger partial charge < -0.3 is 25.4 Å². The molecule has 3 N–H and O–H groups in total. The molecule has 2 unspecified atom stereocenters. The van der Waals surface area contributed by atoms with E-state index in [9.17, 15) is 19.5 Å². The van der Waals surface area contributed by atoms with Crippen LogP contribution < -0.4 is 10.6 Å². The minimum Gasteiger partial charge on any atom is -0.508 e. The summed E-state index contributed by atoms with van der Waals surface area (Å²) < 4.78 is 5.38. The first-order chi connectivity index (χ1) is 16.4. The number of benzene rings is 1. The van der Waals surface area contributed by atoms with Gasteiger partial charge in [-0.3, -0.25) is 9.59 Å². The predicted molar refractivity (Wildman–Crippen MR) is 136 cm³/mol. The second-order valence-corrected chi connectivity index (χ2v) is 10.7. The normalized spacial score (nSPS) is 16.3. The number of carbonyl (C=O) groups is 3. The molecule has 0 aromatic heterocycles. The summed E-state index contributed by atoms with van der Waals surface area (Å²) in [7, 11) is 0. The van der Waals surface area contributed by atoms with E-state index in [0.717, 1.165) is 32.1 Å². The molecule has 1 aliphatic carbocycles. The van der Waals surface area contributed by atoms with E-state index >= 15 is 0 Å². The molecule has 1 aromatic carbocycles. The van der Waals surface area contributed by atoms with Crippen LogP contribution in [0.4, 0.5) is 4.79 Å². The van der Waals surface area contributed by atoms with Gasteiger partial charge >= 0.3 is 6.09 Å². The van der Waals surface area contributed by atoms with Crippen molar-refractivity contribution in [1.29, 1.82) is 0 Å². The fourth-order valence-electron chi connectivity index (χ4n) is 4.43. The van der Waals surface area contributed by atoms with E-state index in [1.165, 1.54) is 17.0 Å². The summed E-state index contributed by atoms with van der Waals surface area (Å²) in [4.78, 5) is 41.6. The van der Waals surface area contributed by atoms with Crippen LogP contribution in [0.5, 0.6) is 5.75 Å². The highest BCUT2D eigenvalue weighted by Crippen LogP contribution is 2.28. The van der Waals surface area contributed by atoms with Crippen LogP contribution in [-0.2, 0) is 14.3 Å². The molecule has 1 aliphatic rings. The number of aromatic hydroxyl groups is 1. The van der Waals surface area contributed by atoms with Gasteiger partial charge in [-0.15, -0.1) is 0 Å². The zero-order chi connectivity index (χ0) is 26.2. The van der Waals surface area contributed by atoms with Crippen molar-refractivity contribution >= 4 is 17.9 Å². The van der Waals surface area contributed by atoms with Crippen LogP contribution in [0.2, 0.25) is 0 Å². The van der Waals surface area contributed by atoms with Gasteiger partial charge in [-0.25, -0.2) is 4.79 Å². The molecule has 2 rings (SSSR count). The number of nitrogens with zero attached hydrogens (tertiary/aromatic N) is 1.